The highest BCUT2D eigenvalue weighted by Gasteiger charge is 2.14. The number of Topliss-reactive ketones (excluding diaryl/α,β-unsaturated/α-hetero) is 1. The third kappa shape index (κ3) is 3.32. The maximum Gasteiger partial charge on any atom is 0.164 e. The highest BCUT2D eigenvalue weighted by Crippen LogP contribution is 2.27. The standard InChI is InChI=1S/C12H14BrClO/c1-3-8(2)7-11(15)9-5-4-6-10(13)12(9)14/h4-6,8H,3,7H2,1-2H3. The van der Waals surface area contributed by atoms with Crippen LogP contribution in [0.2, 0.25) is 5.02 Å². The lowest BCUT2D eigenvalue weighted by Crippen LogP contribution is -2.06. The zero-order chi connectivity index (χ0) is 11.4. The number of hydrogen-bond donors (Lipinski definition) is 0. The average molecular weight is 290 g/mol. The van der Waals surface area contributed by atoms with Crippen molar-refractivity contribution < 1.29 is 4.79 Å². The summed E-state index contributed by atoms with van der Waals surface area (Å²) in [5.74, 6) is 0.531. The molecule has 0 aliphatic rings. The number of carbonyl (C=O) groups is 1. The zero-order valence-corrected chi connectivity index (χ0v) is 11.2. The van der Waals surface area contributed by atoms with Gasteiger partial charge in [-0.2, -0.15) is 0 Å². The van der Waals surface area contributed by atoms with Crippen molar-refractivity contribution in [2.45, 2.75) is 26.7 Å². The normalized spacial score (nSPS) is 12.5. The Bertz CT molecular complexity index is 363. The van der Waals surface area contributed by atoms with Crippen LogP contribution in [-0.2, 0) is 0 Å². The van der Waals surface area contributed by atoms with Gasteiger partial charge in [-0.3, -0.25) is 4.79 Å². The van der Waals surface area contributed by atoms with E-state index >= 15 is 0 Å². The number of rotatable bonds is 4. The van der Waals surface area contributed by atoms with E-state index in [0.717, 1.165) is 10.9 Å². The van der Waals surface area contributed by atoms with E-state index in [1.165, 1.54) is 0 Å². The third-order valence-corrected chi connectivity index (χ3v) is 3.78. The van der Waals surface area contributed by atoms with E-state index in [1.54, 1.807) is 6.07 Å². The van der Waals surface area contributed by atoms with Crippen LogP contribution in [0, 0.1) is 5.92 Å². The molecule has 0 N–H and O–H groups in total. The van der Waals surface area contributed by atoms with E-state index < -0.39 is 0 Å². The zero-order valence-electron chi connectivity index (χ0n) is 8.89. The van der Waals surface area contributed by atoms with E-state index in [2.05, 4.69) is 29.8 Å². The molecule has 1 atom stereocenters. The van der Waals surface area contributed by atoms with Crippen LogP contribution < -0.4 is 0 Å². The van der Waals surface area contributed by atoms with Crippen LogP contribution in [-0.4, -0.2) is 5.78 Å². The molecule has 0 spiro atoms. The van der Waals surface area contributed by atoms with Gasteiger partial charge in [0.15, 0.2) is 5.78 Å². The SMILES string of the molecule is CCC(C)CC(=O)c1cccc(Br)c1Cl. The maximum absolute atomic E-state index is 11.9. The fourth-order valence-corrected chi connectivity index (χ4v) is 1.89. The Balaban J connectivity index is 2.87. The van der Waals surface area contributed by atoms with E-state index in [-0.39, 0.29) is 5.78 Å². The first kappa shape index (κ1) is 12.7. The molecule has 3 heteroatoms. The molecule has 82 valence electrons. The Kier molecular flexibility index (Phi) is 4.81. The largest absolute Gasteiger partial charge is 0.294 e. The summed E-state index contributed by atoms with van der Waals surface area (Å²) < 4.78 is 0.777. The van der Waals surface area contributed by atoms with Crippen molar-refractivity contribution in [3.8, 4) is 0 Å². The minimum atomic E-state index is 0.121. The second-order valence-electron chi connectivity index (χ2n) is 3.74. The molecule has 0 fully saturated rings. The summed E-state index contributed by atoms with van der Waals surface area (Å²) in [6, 6.07) is 5.44. The Morgan fingerprint density at radius 3 is 2.80 bits per heavy atom. The van der Waals surface area contributed by atoms with E-state index in [9.17, 15) is 4.79 Å². The van der Waals surface area contributed by atoms with Gasteiger partial charge in [-0.05, 0) is 34.0 Å². The van der Waals surface area contributed by atoms with E-state index in [4.69, 9.17) is 11.6 Å². The summed E-state index contributed by atoms with van der Waals surface area (Å²) >= 11 is 9.36. The molecule has 15 heavy (non-hydrogen) atoms. The van der Waals surface area contributed by atoms with Crippen LogP contribution in [0.5, 0.6) is 0 Å². The van der Waals surface area contributed by atoms with Crippen molar-refractivity contribution >= 4 is 33.3 Å². The molecule has 1 nitrogen and oxygen atoms in total. The second-order valence-corrected chi connectivity index (χ2v) is 4.97. The van der Waals surface area contributed by atoms with Crippen molar-refractivity contribution in [2.75, 3.05) is 0 Å². The van der Waals surface area contributed by atoms with Crippen LogP contribution >= 0.6 is 27.5 Å². The highest BCUT2D eigenvalue weighted by atomic mass is 79.9. The minimum Gasteiger partial charge on any atom is -0.294 e. The van der Waals surface area contributed by atoms with Gasteiger partial charge >= 0.3 is 0 Å². The fourth-order valence-electron chi connectivity index (χ4n) is 1.29. The lowest BCUT2D eigenvalue weighted by atomic mass is 9.98. The van der Waals surface area contributed by atoms with Gasteiger partial charge in [0, 0.05) is 16.5 Å². The first-order valence-corrected chi connectivity index (χ1v) is 6.20. The molecule has 1 aromatic carbocycles. The molecule has 1 unspecified atom stereocenters. The van der Waals surface area contributed by atoms with E-state index in [1.807, 2.05) is 12.1 Å². The summed E-state index contributed by atoms with van der Waals surface area (Å²) in [6.45, 7) is 4.16. The van der Waals surface area contributed by atoms with Gasteiger partial charge in [0.05, 0.1) is 5.02 Å². The van der Waals surface area contributed by atoms with Gasteiger partial charge in [0.2, 0.25) is 0 Å². The molecule has 0 bridgehead atoms. The summed E-state index contributed by atoms with van der Waals surface area (Å²) in [5.41, 5.74) is 0.617. The third-order valence-electron chi connectivity index (χ3n) is 2.48. The quantitative estimate of drug-likeness (QED) is 0.733. The predicted molar refractivity (Wildman–Crippen MR) is 67.6 cm³/mol. The average Bonchev–Trinajstić information content (AvgIpc) is 2.21. The first-order chi connectivity index (χ1) is 7.06. The summed E-state index contributed by atoms with van der Waals surface area (Å²) in [7, 11) is 0. The molecule has 1 aromatic rings. The smallest absolute Gasteiger partial charge is 0.164 e. The topological polar surface area (TPSA) is 17.1 Å². The summed E-state index contributed by atoms with van der Waals surface area (Å²) in [6.07, 6.45) is 1.57. The Hall–Kier alpha value is -0.340. The maximum atomic E-state index is 11.9. The van der Waals surface area contributed by atoms with Crippen molar-refractivity contribution in [1.29, 1.82) is 0 Å². The lowest BCUT2D eigenvalue weighted by molar-refractivity contribution is 0.0964. The van der Waals surface area contributed by atoms with Gasteiger partial charge in [-0.15, -0.1) is 0 Å². The molecule has 0 saturated carbocycles. The number of carbonyl (C=O) groups excluding carboxylic acids is 1. The first-order valence-electron chi connectivity index (χ1n) is 5.03. The monoisotopic (exact) mass is 288 g/mol. The molecule has 0 amide bonds. The molecule has 0 aromatic heterocycles. The predicted octanol–water partition coefficient (Wildman–Crippen LogP) is 4.72. The summed E-state index contributed by atoms with van der Waals surface area (Å²) in [5, 5.41) is 0.519. The molecule has 0 saturated heterocycles. The molecule has 1 rings (SSSR count). The molecule has 0 aliphatic heterocycles. The Labute approximate surface area is 104 Å². The highest BCUT2D eigenvalue weighted by molar-refractivity contribution is 9.10. The number of hydrogen-bond acceptors (Lipinski definition) is 1. The molecule has 0 aliphatic carbocycles. The van der Waals surface area contributed by atoms with Crippen LogP contribution in [0.15, 0.2) is 22.7 Å². The number of benzene rings is 1. The second kappa shape index (κ2) is 5.66. The fraction of sp³-hybridized carbons (Fsp3) is 0.417. The van der Waals surface area contributed by atoms with Crippen LogP contribution in [0.1, 0.15) is 37.0 Å². The van der Waals surface area contributed by atoms with Crippen LogP contribution in [0.25, 0.3) is 0 Å². The van der Waals surface area contributed by atoms with Gasteiger partial charge in [-0.25, -0.2) is 0 Å². The molecule has 0 heterocycles. The Morgan fingerprint density at radius 2 is 2.20 bits per heavy atom. The van der Waals surface area contributed by atoms with Gasteiger partial charge < -0.3 is 0 Å². The van der Waals surface area contributed by atoms with E-state index in [0.29, 0.717) is 22.9 Å². The number of halogens is 2. The van der Waals surface area contributed by atoms with Crippen molar-refractivity contribution in [1.82, 2.24) is 0 Å². The number of ketones is 1. The lowest BCUT2D eigenvalue weighted by Gasteiger charge is -2.09. The molecular formula is C12H14BrClO. The molecular weight excluding hydrogens is 275 g/mol. The van der Waals surface area contributed by atoms with Crippen molar-refractivity contribution in [2.24, 2.45) is 5.92 Å². The van der Waals surface area contributed by atoms with Crippen molar-refractivity contribution in [3.63, 3.8) is 0 Å². The minimum absolute atomic E-state index is 0.121. The van der Waals surface area contributed by atoms with Crippen molar-refractivity contribution in [3.05, 3.63) is 33.3 Å². The van der Waals surface area contributed by atoms with Gasteiger partial charge in [-0.1, -0.05) is 37.9 Å². The van der Waals surface area contributed by atoms with Gasteiger partial charge in [0.25, 0.3) is 0 Å². The summed E-state index contributed by atoms with van der Waals surface area (Å²) in [4.78, 5) is 11.9. The van der Waals surface area contributed by atoms with Gasteiger partial charge in [0.1, 0.15) is 0 Å². The van der Waals surface area contributed by atoms with Crippen LogP contribution in [0.3, 0.4) is 0 Å². The molecule has 0 radical (unpaired) electrons. The Morgan fingerprint density at radius 1 is 1.53 bits per heavy atom. The van der Waals surface area contributed by atoms with Crippen LogP contribution in [0.4, 0.5) is 0 Å².